The maximum atomic E-state index is 12.5. The van der Waals surface area contributed by atoms with E-state index in [-0.39, 0.29) is 16.7 Å². The first-order valence-corrected chi connectivity index (χ1v) is 8.66. The summed E-state index contributed by atoms with van der Waals surface area (Å²) < 4.78 is 27.2. The molecule has 0 saturated carbocycles. The van der Waals surface area contributed by atoms with Crippen molar-refractivity contribution in [2.75, 3.05) is 20.1 Å². The molecule has 7 heteroatoms. The predicted molar refractivity (Wildman–Crippen MR) is 79.7 cm³/mol. The highest BCUT2D eigenvalue weighted by atomic mass is 79.9. The Morgan fingerprint density at radius 1 is 1.35 bits per heavy atom. The van der Waals surface area contributed by atoms with E-state index in [4.69, 9.17) is 0 Å². The second-order valence-electron chi connectivity index (χ2n) is 4.75. The molecule has 1 aliphatic rings. The van der Waals surface area contributed by atoms with E-state index in [1.165, 1.54) is 4.31 Å². The lowest BCUT2D eigenvalue weighted by Crippen LogP contribution is -2.42. The van der Waals surface area contributed by atoms with Gasteiger partial charge in [0, 0.05) is 30.5 Å². The van der Waals surface area contributed by atoms with Crippen molar-refractivity contribution in [3.63, 3.8) is 0 Å². The molecular weight excluding hydrogens is 344 g/mol. The third-order valence-electron chi connectivity index (χ3n) is 3.50. The van der Waals surface area contributed by atoms with Gasteiger partial charge in [-0.15, -0.1) is 0 Å². The summed E-state index contributed by atoms with van der Waals surface area (Å²) in [7, 11) is -1.86. The molecule has 20 heavy (non-hydrogen) atoms. The van der Waals surface area contributed by atoms with E-state index in [1.54, 1.807) is 31.3 Å². The van der Waals surface area contributed by atoms with E-state index < -0.39 is 10.0 Å². The first kappa shape index (κ1) is 15.5. The number of nitrogens with zero attached hydrogens (tertiary/aromatic N) is 1. The lowest BCUT2D eigenvalue weighted by molar-refractivity contribution is -0.125. The standard InChI is InChI=1S/C13H17BrN2O3S/c1-15-13(17)10-5-7-16(8-6-10)20(18,19)12-4-2-3-11(14)9-12/h2-4,9-10H,5-8H2,1H3,(H,15,17). The van der Waals surface area contributed by atoms with Crippen LogP contribution in [0.25, 0.3) is 0 Å². The highest BCUT2D eigenvalue weighted by Gasteiger charge is 2.31. The van der Waals surface area contributed by atoms with Crippen LogP contribution < -0.4 is 5.32 Å². The molecule has 1 fully saturated rings. The lowest BCUT2D eigenvalue weighted by atomic mass is 9.97. The van der Waals surface area contributed by atoms with Crippen LogP contribution in [0.5, 0.6) is 0 Å². The van der Waals surface area contributed by atoms with Crippen molar-refractivity contribution in [1.82, 2.24) is 9.62 Å². The zero-order chi connectivity index (χ0) is 14.8. The van der Waals surface area contributed by atoms with Gasteiger partial charge in [0.1, 0.15) is 0 Å². The van der Waals surface area contributed by atoms with Crippen LogP contribution in [-0.4, -0.2) is 38.8 Å². The molecule has 1 heterocycles. The summed E-state index contributed by atoms with van der Waals surface area (Å²) in [6, 6.07) is 6.68. The van der Waals surface area contributed by atoms with Gasteiger partial charge in [0.05, 0.1) is 4.90 Å². The summed E-state index contributed by atoms with van der Waals surface area (Å²) >= 11 is 3.28. The van der Waals surface area contributed by atoms with Crippen molar-refractivity contribution in [3.05, 3.63) is 28.7 Å². The molecule has 0 bridgehead atoms. The Morgan fingerprint density at radius 3 is 2.55 bits per heavy atom. The number of carbonyl (C=O) groups is 1. The second-order valence-corrected chi connectivity index (χ2v) is 7.60. The number of hydrogen-bond donors (Lipinski definition) is 1. The van der Waals surface area contributed by atoms with Crippen molar-refractivity contribution in [2.45, 2.75) is 17.7 Å². The molecule has 1 aliphatic heterocycles. The molecule has 0 radical (unpaired) electrons. The summed E-state index contributed by atoms with van der Waals surface area (Å²) in [5.41, 5.74) is 0. The minimum absolute atomic E-state index is 0.00972. The number of amides is 1. The Kier molecular flexibility index (Phi) is 4.82. The van der Waals surface area contributed by atoms with Gasteiger partial charge >= 0.3 is 0 Å². The van der Waals surface area contributed by atoms with Crippen LogP contribution in [0.4, 0.5) is 0 Å². The summed E-state index contributed by atoms with van der Waals surface area (Å²) in [6.07, 6.45) is 1.12. The monoisotopic (exact) mass is 360 g/mol. The van der Waals surface area contributed by atoms with E-state index in [0.29, 0.717) is 25.9 Å². The third kappa shape index (κ3) is 3.21. The highest BCUT2D eigenvalue weighted by Crippen LogP contribution is 2.25. The van der Waals surface area contributed by atoms with Crippen LogP contribution in [-0.2, 0) is 14.8 Å². The molecule has 1 N–H and O–H groups in total. The minimum atomic E-state index is -3.47. The van der Waals surface area contributed by atoms with Crippen molar-refractivity contribution in [2.24, 2.45) is 5.92 Å². The SMILES string of the molecule is CNC(=O)C1CCN(S(=O)(=O)c2cccc(Br)c2)CC1. The van der Waals surface area contributed by atoms with Gasteiger partial charge in [-0.2, -0.15) is 4.31 Å². The van der Waals surface area contributed by atoms with Gasteiger partial charge in [0.25, 0.3) is 0 Å². The number of hydrogen-bond acceptors (Lipinski definition) is 3. The van der Waals surface area contributed by atoms with E-state index in [2.05, 4.69) is 21.2 Å². The van der Waals surface area contributed by atoms with Crippen LogP contribution in [0, 0.1) is 5.92 Å². The number of sulfonamides is 1. The summed E-state index contributed by atoms with van der Waals surface area (Å²) in [6.45, 7) is 0.764. The van der Waals surface area contributed by atoms with Crippen molar-refractivity contribution >= 4 is 31.9 Å². The maximum absolute atomic E-state index is 12.5. The normalized spacial score (nSPS) is 17.9. The summed E-state index contributed by atoms with van der Waals surface area (Å²) in [5, 5.41) is 2.61. The fraction of sp³-hybridized carbons (Fsp3) is 0.462. The fourth-order valence-corrected chi connectivity index (χ4v) is 4.41. The molecule has 1 aromatic carbocycles. The average Bonchev–Trinajstić information content (AvgIpc) is 2.46. The third-order valence-corrected chi connectivity index (χ3v) is 5.89. The van der Waals surface area contributed by atoms with E-state index >= 15 is 0 Å². The maximum Gasteiger partial charge on any atom is 0.243 e. The van der Waals surface area contributed by atoms with Gasteiger partial charge in [-0.1, -0.05) is 22.0 Å². The second kappa shape index (κ2) is 6.24. The first-order chi connectivity index (χ1) is 9.45. The molecule has 0 aromatic heterocycles. The Hall–Kier alpha value is -0.920. The van der Waals surface area contributed by atoms with Crippen LogP contribution in [0.3, 0.4) is 0 Å². The van der Waals surface area contributed by atoms with Crippen molar-refractivity contribution < 1.29 is 13.2 Å². The molecule has 1 aromatic rings. The van der Waals surface area contributed by atoms with Crippen LogP contribution in [0.1, 0.15) is 12.8 Å². The number of nitrogens with one attached hydrogen (secondary N) is 1. The molecule has 0 unspecified atom stereocenters. The summed E-state index contributed by atoms with van der Waals surface area (Å²) in [5.74, 6) is -0.0986. The number of halogens is 1. The first-order valence-electron chi connectivity index (χ1n) is 6.42. The highest BCUT2D eigenvalue weighted by molar-refractivity contribution is 9.10. The Labute approximate surface area is 127 Å². The van der Waals surface area contributed by atoms with Crippen LogP contribution in [0.15, 0.2) is 33.6 Å². The molecule has 0 aliphatic carbocycles. The van der Waals surface area contributed by atoms with Crippen LogP contribution >= 0.6 is 15.9 Å². The van der Waals surface area contributed by atoms with E-state index in [1.807, 2.05) is 0 Å². The quantitative estimate of drug-likeness (QED) is 0.889. The number of piperidine rings is 1. The zero-order valence-corrected chi connectivity index (χ0v) is 13.6. The molecule has 1 saturated heterocycles. The van der Waals surface area contributed by atoms with Crippen molar-refractivity contribution in [1.29, 1.82) is 0 Å². The van der Waals surface area contributed by atoms with Gasteiger partial charge in [-0.05, 0) is 31.0 Å². The van der Waals surface area contributed by atoms with Crippen molar-refractivity contribution in [3.8, 4) is 0 Å². The van der Waals surface area contributed by atoms with Gasteiger partial charge < -0.3 is 5.32 Å². The largest absolute Gasteiger partial charge is 0.359 e. The van der Waals surface area contributed by atoms with Gasteiger partial charge in [0.15, 0.2) is 0 Å². The number of rotatable bonds is 3. The predicted octanol–water partition coefficient (Wildman–Crippen LogP) is 1.60. The van der Waals surface area contributed by atoms with Gasteiger partial charge in [0.2, 0.25) is 15.9 Å². The Bertz CT molecular complexity index is 595. The van der Waals surface area contributed by atoms with E-state index in [0.717, 1.165) is 4.47 Å². The molecule has 0 atom stereocenters. The summed E-state index contributed by atoms with van der Waals surface area (Å²) in [4.78, 5) is 11.8. The van der Waals surface area contributed by atoms with Gasteiger partial charge in [-0.3, -0.25) is 4.79 Å². The Balaban J connectivity index is 2.11. The molecular formula is C13H17BrN2O3S. The molecule has 1 amide bonds. The molecule has 2 rings (SSSR count). The lowest BCUT2D eigenvalue weighted by Gasteiger charge is -2.30. The Morgan fingerprint density at radius 2 is 2.00 bits per heavy atom. The van der Waals surface area contributed by atoms with E-state index in [9.17, 15) is 13.2 Å². The minimum Gasteiger partial charge on any atom is -0.359 e. The van der Waals surface area contributed by atoms with Gasteiger partial charge in [-0.25, -0.2) is 8.42 Å². The van der Waals surface area contributed by atoms with Crippen LogP contribution in [0.2, 0.25) is 0 Å². The average molecular weight is 361 g/mol. The topological polar surface area (TPSA) is 66.5 Å². The molecule has 5 nitrogen and oxygen atoms in total. The molecule has 110 valence electrons. The molecule has 0 spiro atoms. The fourth-order valence-electron chi connectivity index (χ4n) is 2.34. The number of carbonyl (C=O) groups excluding carboxylic acids is 1. The smallest absolute Gasteiger partial charge is 0.243 e. The number of benzene rings is 1. The zero-order valence-electron chi connectivity index (χ0n) is 11.2.